The monoisotopic (exact) mass is 252 g/mol. The van der Waals surface area contributed by atoms with Gasteiger partial charge in [0.1, 0.15) is 0 Å². The fraction of sp³-hybridized carbons (Fsp3) is 0.643. The minimum Gasteiger partial charge on any atom is -0.258 e. The summed E-state index contributed by atoms with van der Waals surface area (Å²) in [5, 5.41) is 5.53. The van der Waals surface area contributed by atoms with Crippen LogP contribution in [0.2, 0.25) is 0 Å². The fourth-order valence-corrected chi connectivity index (χ4v) is 2.78. The largest absolute Gasteiger partial charge is 0.258 e. The number of nitrogens with zero attached hydrogens (tertiary/aromatic N) is 1. The van der Waals surface area contributed by atoms with Crippen molar-refractivity contribution in [3.8, 4) is 0 Å². The highest BCUT2D eigenvalue weighted by atomic mass is 32.2. The Morgan fingerprint density at radius 1 is 1.41 bits per heavy atom. The average molecular weight is 252 g/mol. The summed E-state index contributed by atoms with van der Waals surface area (Å²) in [6.45, 7) is 11.2. The molecular weight excluding hydrogens is 228 g/mol. The molecular formula is C14H24N2S. The first-order valence-electron chi connectivity index (χ1n) is 6.27. The number of rotatable bonds is 4. The Balaban J connectivity index is 3.15. The average Bonchev–Trinajstić information content (AvgIpc) is 2.24. The standard InChI is InChI=1S/C14H24N2S/c1-6-9-14(4,5)12-8-7-10(2)11(3)13(12)16-17-15/h7-8,11H,6,9,15H2,1-5H3/b16-13+. The molecule has 1 rings (SSSR count). The van der Waals surface area contributed by atoms with Crippen LogP contribution in [0.15, 0.2) is 27.7 Å². The Labute approximate surface area is 110 Å². The SMILES string of the molecule is CCCC(C)(C)C1=CC=C(C)C(C)/C1=N\SN. The van der Waals surface area contributed by atoms with Gasteiger partial charge in [-0.3, -0.25) is 5.14 Å². The van der Waals surface area contributed by atoms with Crippen LogP contribution < -0.4 is 5.14 Å². The van der Waals surface area contributed by atoms with E-state index in [1.807, 2.05) is 0 Å². The van der Waals surface area contributed by atoms with E-state index in [9.17, 15) is 0 Å². The molecule has 3 heteroatoms. The van der Waals surface area contributed by atoms with Crippen LogP contribution in [0.5, 0.6) is 0 Å². The maximum Gasteiger partial charge on any atom is 0.0607 e. The summed E-state index contributed by atoms with van der Waals surface area (Å²) in [5.41, 5.74) is 4.02. The Bertz CT molecular complexity index is 364. The van der Waals surface area contributed by atoms with E-state index in [1.165, 1.54) is 24.0 Å². The first kappa shape index (κ1) is 14.5. The first-order valence-corrected chi connectivity index (χ1v) is 7.10. The molecule has 96 valence electrons. The number of allylic oxidation sites excluding steroid dienone is 4. The zero-order valence-electron chi connectivity index (χ0n) is 11.6. The van der Waals surface area contributed by atoms with E-state index in [2.05, 4.69) is 51.2 Å². The van der Waals surface area contributed by atoms with Crippen molar-refractivity contribution in [3.05, 3.63) is 23.3 Å². The molecule has 0 saturated heterocycles. The highest BCUT2D eigenvalue weighted by Crippen LogP contribution is 2.38. The molecule has 1 aliphatic carbocycles. The molecule has 2 N–H and O–H groups in total. The molecule has 1 aliphatic rings. The third kappa shape index (κ3) is 3.23. The molecule has 2 nitrogen and oxygen atoms in total. The predicted octanol–water partition coefficient (Wildman–Crippen LogP) is 4.30. The molecule has 0 aromatic rings. The lowest BCUT2D eigenvalue weighted by Crippen LogP contribution is -2.28. The first-order chi connectivity index (χ1) is 7.94. The van der Waals surface area contributed by atoms with Gasteiger partial charge in [-0.1, -0.05) is 51.8 Å². The third-order valence-electron chi connectivity index (χ3n) is 3.64. The van der Waals surface area contributed by atoms with Gasteiger partial charge in [0.25, 0.3) is 0 Å². The van der Waals surface area contributed by atoms with Gasteiger partial charge in [0.2, 0.25) is 0 Å². The Morgan fingerprint density at radius 3 is 2.59 bits per heavy atom. The molecule has 0 aromatic heterocycles. The molecule has 0 aromatic carbocycles. The van der Waals surface area contributed by atoms with Crippen LogP contribution in [-0.2, 0) is 0 Å². The number of hydrogen-bond donors (Lipinski definition) is 1. The van der Waals surface area contributed by atoms with Gasteiger partial charge in [0.15, 0.2) is 0 Å². The molecule has 17 heavy (non-hydrogen) atoms. The van der Waals surface area contributed by atoms with Crippen LogP contribution in [-0.4, -0.2) is 5.71 Å². The minimum atomic E-state index is 0.175. The van der Waals surface area contributed by atoms with Crippen LogP contribution in [0, 0.1) is 11.3 Å². The summed E-state index contributed by atoms with van der Waals surface area (Å²) in [7, 11) is 0. The lowest BCUT2D eigenvalue weighted by molar-refractivity contribution is 0.414. The quantitative estimate of drug-likeness (QED) is 0.758. The lowest BCUT2D eigenvalue weighted by atomic mass is 9.72. The van der Waals surface area contributed by atoms with Gasteiger partial charge in [-0.2, -0.15) is 0 Å². The summed E-state index contributed by atoms with van der Waals surface area (Å²) in [5.74, 6) is 0.377. The molecule has 0 amide bonds. The molecule has 0 fully saturated rings. The van der Waals surface area contributed by atoms with E-state index in [1.54, 1.807) is 0 Å². The van der Waals surface area contributed by atoms with Gasteiger partial charge in [-0.15, -0.1) is 0 Å². The number of hydrogen-bond acceptors (Lipinski definition) is 3. The van der Waals surface area contributed by atoms with E-state index in [-0.39, 0.29) is 5.41 Å². The van der Waals surface area contributed by atoms with Crippen molar-refractivity contribution in [1.29, 1.82) is 0 Å². The zero-order chi connectivity index (χ0) is 13.1. The smallest absolute Gasteiger partial charge is 0.0607 e. The maximum atomic E-state index is 5.53. The van der Waals surface area contributed by atoms with Gasteiger partial charge < -0.3 is 0 Å². The van der Waals surface area contributed by atoms with Gasteiger partial charge in [-0.05, 0) is 24.3 Å². The normalized spacial score (nSPS) is 23.6. The Hall–Kier alpha value is -0.540. The van der Waals surface area contributed by atoms with Crippen LogP contribution in [0.3, 0.4) is 0 Å². The Morgan fingerprint density at radius 2 is 2.06 bits per heavy atom. The van der Waals surface area contributed by atoms with E-state index in [0.717, 1.165) is 17.8 Å². The zero-order valence-corrected chi connectivity index (χ0v) is 12.4. The third-order valence-corrected chi connectivity index (χ3v) is 3.94. The van der Waals surface area contributed by atoms with E-state index in [4.69, 9.17) is 5.14 Å². The molecule has 0 heterocycles. The van der Waals surface area contributed by atoms with Crippen LogP contribution >= 0.6 is 12.1 Å². The molecule has 0 saturated carbocycles. The molecule has 0 bridgehead atoms. The van der Waals surface area contributed by atoms with Crippen LogP contribution in [0.1, 0.15) is 47.5 Å². The van der Waals surface area contributed by atoms with Gasteiger partial charge in [0.05, 0.1) is 17.8 Å². The molecule has 0 spiro atoms. The second kappa shape index (κ2) is 5.87. The predicted molar refractivity (Wildman–Crippen MR) is 78.9 cm³/mol. The summed E-state index contributed by atoms with van der Waals surface area (Å²) >= 11 is 1.07. The van der Waals surface area contributed by atoms with Gasteiger partial charge in [0, 0.05) is 5.92 Å². The van der Waals surface area contributed by atoms with E-state index >= 15 is 0 Å². The van der Waals surface area contributed by atoms with Crippen molar-refractivity contribution in [1.82, 2.24) is 0 Å². The van der Waals surface area contributed by atoms with Crippen molar-refractivity contribution < 1.29 is 0 Å². The van der Waals surface area contributed by atoms with Gasteiger partial charge >= 0.3 is 0 Å². The van der Waals surface area contributed by atoms with Crippen molar-refractivity contribution >= 4 is 17.8 Å². The molecule has 0 aliphatic heterocycles. The highest BCUT2D eigenvalue weighted by molar-refractivity contribution is 7.95. The summed E-state index contributed by atoms with van der Waals surface area (Å²) in [4.78, 5) is 0. The van der Waals surface area contributed by atoms with E-state index < -0.39 is 0 Å². The maximum absolute atomic E-state index is 5.53. The summed E-state index contributed by atoms with van der Waals surface area (Å²) < 4.78 is 4.45. The van der Waals surface area contributed by atoms with Crippen LogP contribution in [0.4, 0.5) is 0 Å². The number of nitrogens with two attached hydrogens (primary N) is 1. The van der Waals surface area contributed by atoms with Crippen molar-refractivity contribution in [2.24, 2.45) is 20.9 Å². The second-order valence-electron chi connectivity index (χ2n) is 5.43. The Kier molecular flexibility index (Phi) is 5.02. The van der Waals surface area contributed by atoms with Crippen molar-refractivity contribution in [3.63, 3.8) is 0 Å². The lowest BCUT2D eigenvalue weighted by Gasteiger charge is -2.33. The summed E-state index contributed by atoms with van der Waals surface area (Å²) in [6.07, 6.45) is 6.80. The van der Waals surface area contributed by atoms with E-state index in [0.29, 0.717) is 5.92 Å². The van der Waals surface area contributed by atoms with Crippen LogP contribution in [0.25, 0.3) is 0 Å². The van der Waals surface area contributed by atoms with Gasteiger partial charge in [-0.25, -0.2) is 4.40 Å². The minimum absolute atomic E-state index is 0.175. The topological polar surface area (TPSA) is 38.4 Å². The summed E-state index contributed by atoms with van der Waals surface area (Å²) in [6, 6.07) is 0. The highest BCUT2D eigenvalue weighted by Gasteiger charge is 2.30. The second-order valence-corrected chi connectivity index (χ2v) is 5.82. The molecule has 1 atom stereocenters. The van der Waals surface area contributed by atoms with Crippen molar-refractivity contribution in [2.75, 3.05) is 0 Å². The fourth-order valence-electron chi connectivity index (χ4n) is 2.41. The molecule has 1 unspecified atom stereocenters. The molecule has 0 radical (unpaired) electrons. The van der Waals surface area contributed by atoms with Crippen molar-refractivity contribution in [2.45, 2.75) is 47.5 Å².